The van der Waals surface area contributed by atoms with Crippen molar-refractivity contribution in [1.82, 2.24) is 10.2 Å². The van der Waals surface area contributed by atoms with Crippen molar-refractivity contribution in [2.75, 3.05) is 5.32 Å². The van der Waals surface area contributed by atoms with Crippen molar-refractivity contribution in [3.05, 3.63) is 77.0 Å². The van der Waals surface area contributed by atoms with Gasteiger partial charge in [-0.15, -0.1) is 21.5 Å². The van der Waals surface area contributed by atoms with Crippen LogP contribution in [-0.2, 0) is 11.2 Å². The number of nitrogens with zero attached hydrogens (tertiary/aromatic N) is 2. The number of thiophene rings is 1. The lowest BCUT2D eigenvalue weighted by Crippen LogP contribution is -2.13. The second-order valence-electron chi connectivity index (χ2n) is 5.66. The highest BCUT2D eigenvalue weighted by Crippen LogP contribution is 2.25. The van der Waals surface area contributed by atoms with Crippen LogP contribution in [0.2, 0.25) is 0 Å². The summed E-state index contributed by atoms with van der Waals surface area (Å²) in [6.45, 7) is 0. The third kappa shape index (κ3) is 3.70. The van der Waals surface area contributed by atoms with Crippen molar-refractivity contribution in [3.8, 4) is 22.9 Å². The first kappa shape index (κ1) is 16.2. The van der Waals surface area contributed by atoms with E-state index in [1.807, 2.05) is 72.1 Å². The molecule has 0 aliphatic carbocycles. The number of benzene rings is 2. The van der Waals surface area contributed by atoms with Crippen molar-refractivity contribution < 1.29 is 9.21 Å². The largest absolute Gasteiger partial charge is 0.416 e. The molecular formula is C20H15N3O2S. The Kier molecular flexibility index (Phi) is 4.57. The van der Waals surface area contributed by atoms with Gasteiger partial charge in [0.15, 0.2) is 0 Å². The van der Waals surface area contributed by atoms with E-state index >= 15 is 0 Å². The Morgan fingerprint density at radius 3 is 2.46 bits per heavy atom. The van der Waals surface area contributed by atoms with Crippen LogP contribution in [0.3, 0.4) is 0 Å². The standard InChI is InChI=1S/C20H15N3O2S/c24-18(13-17-10-5-11-26-17)21-16-9-4-8-15(12-16)20-23-22-19(25-20)14-6-2-1-3-7-14/h1-12H,13H2,(H,21,24). The van der Waals surface area contributed by atoms with Gasteiger partial charge in [-0.3, -0.25) is 4.79 Å². The summed E-state index contributed by atoms with van der Waals surface area (Å²) in [6.07, 6.45) is 0.362. The second kappa shape index (κ2) is 7.33. The highest BCUT2D eigenvalue weighted by molar-refractivity contribution is 7.10. The van der Waals surface area contributed by atoms with Crippen molar-refractivity contribution in [2.24, 2.45) is 0 Å². The van der Waals surface area contributed by atoms with Gasteiger partial charge in [0.25, 0.3) is 0 Å². The number of anilines is 1. The zero-order valence-electron chi connectivity index (χ0n) is 13.8. The molecule has 1 amide bonds. The highest BCUT2D eigenvalue weighted by atomic mass is 32.1. The van der Waals surface area contributed by atoms with Gasteiger partial charge in [-0.2, -0.15) is 0 Å². The molecule has 0 radical (unpaired) electrons. The molecule has 0 unspecified atom stereocenters. The second-order valence-corrected chi connectivity index (χ2v) is 6.70. The molecule has 0 atom stereocenters. The third-order valence-electron chi connectivity index (χ3n) is 3.75. The molecule has 4 rings (SSSR count). The summed E-state index contributed by atoms with van der Waals surface area (Å²) >= 11 is 1.57. The van der Waals surface area contributed by atoms with Gasteiger partial charge < -0.3 is 9.73 Å². The van der Waals surface area contributed by atoms with Crippen LogP contribution in [0.25, 0.3) is 22.9 Å². The maximum atomic E-state index is 12.2. The number of hydrogen-bond acceptors (Lipinski definition) is 5. The Morgan fingerprint density at radius 2 is 1.69 bits per heavy atom. The minimum absolute atomic E-state index is 0.0555. The van der Waals surface area contributed by atoms with Crippen LogP contribution in [-0.4, -0.2) is 16.1 Å². The van der Waals surface area contributed by atoms with Crippen LogP contribution in [0.4, 0.5) is 5.69 Å². The maximum Gasteiger partial charge on any atom is 0.248 e. The fourth-order valence-electron chi connectivity index (χ4n) is 2.54. The van der Waals surface area contributed by atoms with Crippen molar-refractivity contribution in [2.45, 2.75) is 6.42 Å². The van der Waals surface area contributed by atoms with E-state index in [0.29, 0.717) is 23.9 Å². The summed E-state index contributed by atoms with van der Waals surface area (Å²) in [4.78, 5) is 13.2. The molecule has 0 bridgehead atoms. The van der Waals surface area contributed by atoms with Crippen molar-refractivity contribution in [3.63, 3.8) is 0 Å². The number of amides is 1. The topological polar surface area (TPSA) is 68.0 Å². The molecule has 2 aromatic heterocycles. The van der Waals surface area contributed by atoms with E-state index in [4.69, 9.17) is 4.42 Å². The Morgan fingerprint density at radius 1 is 0.923 bits per heavy atom. The number of rotatable bonds is 5. The number of nitrogens with one attached hydrogen (secondary N) is 1. The fourth-order valence-corrected chi connectivity index (χ4v) is 3.25. The van der Waals surface area contributed by atoms with Crippen LogP contribution >= 0.6 is 11.3 Å². The SMILES string of the molecule is O=C(Cc1cccs1)Nc1cccc(-c2nnc(-c3ccccc3)o2)c1. The Hall–Kier alpha value is -3.25. The van der Waals surface area contributed by atoms with Gasteiger partial charge in [0.1, 0.15) is 0 Å². The van der Waals surface area contributed by atoms with E-state index in [0.717, 1.165) is 16.0 Å². The molecule has 0 fully saturated rings. The maximum absolute atomic E-state index is 12.2. The average molecular weight is 361 g/mol. The molecule has 0 saturated heterocycles. The van der Waals surface area contributed by atoms with E-state index < -0.39 is 0 Å². The summed E-state index contributed by atoms with van der Waals surface area (Å²) in [5.41, 5.74) is 2.32. The minimum atomic E-state index is -0.0555. The molecule has 0 spiro atoms. The molecule has 0 aliphatic heterocycles. The van der Waals surface area contributed by atoms with Crippen molar-refractivity contribution in [1.29, 1.82) is 0 Å². The number of carbonyl (C=O) groups is 1. The quantitative estimate of drug-likeness (QED) is 0.562. The van der Waals surface area contributed by atoms with Gasteiger partial charge in [-0.05, 0) is 41.8 Å². The monoisotopic (exact) mass is 361 g/mol. The van der Waals surface area contributed by atoms with Gasteiger partial charge in [-0.25, -0.2) is 0 Å². The first-order chi connectivity index (χ1) is 12.8. The van der Waals surface area contributed by atoms with E-state index in [2.05, 4.69) is 15.5 Å². The van der Waals surface area contributed by atoms with E-state index in [1.165, 1.54) is 0 Å². The van der Waals surface area contributed by atoms with Gasteiger partial charge >= 0.3 is 0 Å². The summed E-state index contributed by atoms with van der Waals surface area (Å²) in [7, 11) is 0. The lowest BCUT2D eigenvalue weighted by atomic mass is 10.2. The molecule has 0 aliphatic rings. The third-order valence-corrected chi connectivity index (χ3v) is 4.63. The molecule has 2 aromatic carbocycles. The van der Waals surface area contributed by atoms with Crippen LogP contribution in [0.5, 0.6) is 0 Å². The van der Waals surface area contributed by atoms with E-state index in [-0.39, 0.29) is 5.91 Å². The first-order valence-electron chi connectivity index (χ1n) is 8.09. The molecular weight excluding hydrogens is 346 g/mol. The van der Waals surface area contributed by atoms with Crippen LogP contribution in [0.1, 0.15) is 4.88 Å². The van der Waals surface area contributed by atoms with Gasteiger partial charge in [0.2, 0.25) is 17.7 Å². The van der Waals surface area contributed by atoms with Gasteiger partial charge in [-0.1, -0.05) is 30.3 Å². The predicted molar refractivity (Wildman–Crippen MR) is 102 cm³/mol. The van der Waals surface area contributed by atoms with Crippen LogP contribution in [0.15, 0.2) is 76.5 Å². The summed E-state index contributed by atoms with van der Waals surface area (Å²) < 4.78 is 5.77. The number of aromatic nitrogens is 2. The first-order valence-corrected chi connectivity index (χ1v) is 8.97. The minimum Gasteiger partial charge on any atom is -0.416 e. The zero-order chi connectivity index (χ0) is 17.8. The molecule has 0 saturated carbocycles. The normalized spacial score (nSPS) is 10.6. The zero-order valence-corrected chi connectivity index (χ0v) is 14.6. The lowest BCUT2D eigenvalue weighted by Gasteiger charge is -2.05. The Bertz CT molecular complexity index is 1010. The average Bonchev–Trinajstić information content (AvgIpc) is 3.34. The molecule has 2 heterocycles. The Labute approximate surface area is 154 Å². The smallest absolute Gasteiger partial charge is 0.248 e. The summed E-state index contributed by atoms with van der Waals surface area (Å²) in [5.74, 6) is 0.825. The highest BCUT2D eigenvalue weighted by Gasteiger charge is 2.11. The van der Waals surface area contributed by atoms with E-state index in [9.17, 15) is 4.79 Å². The molecule has 6 heteroatoms. The fraction of sp³-hybridized carbons (Fsp3) is 0.0500. The summed E-state index contributed by atoms with van der Waals surface area (Å²) in [5, 5.41) is 13.1. The molecule has 5 nitrogen and oxygen atoms in total. The lowest BCUT2D eigenvalue weighted by molar-refractivity contribution is -0.115. The van der Waals surface area contributed by atoms with Crippen LogP contribution < -0.4 is 5.32 Å². The van der Waals surface area contributed by atoms with Crippen molar-refractivity contribution >= 4 is 22.9 Å². The van der Waals surface area contributed by atoms with E-state index in [1.54, 1.807) is 11.3 Å². The molecule has 1 N–H and O–H groups in total. The summed E-state index contributed by atoms with van der Waals surface area (Å²) in [6, 6.07) is 20.9. The van der Waals surface area contributed by atoms with Gasteiger partial charge in [0, 0.05) is 21.7 Å². The van der Waals surface area contributed by atoms with Crippen LogP contribution in [0, 0.1) is 0 Å². The molecule has 128 valence electrons. The predicted octanol–water partition coefficient (Wildman–Crippen LogP) is 4.65. The van der Waals surface area contributed by atoms with Gasteiger partial charge in [0.05, 0.1) is 6.42 Å². The molecule has 4 aromatic rings. The Balaban J connectivity index is 1.51. The molecule has 26 heavy (non-hydrogen) atoms. The number of carbonyl (C=O) groups excluding carboxylic acids is 1. The number of hydrogen-bond donors (Lipinski definition) is 1.